The van der Waals surface area contributed by atoms with Gasteiger partial charge in [-0.1, -0.05) is 6.92 Å². The topological polar surface area (TPSA) is 80.7 Å². The standard InChI is InChI=1S/C8H16O5S.Na/c1-2-5-8(9)13-6-3-4-7-14(10,11)12;/h2-7H2,1H3,(H,10,11,12);. The molecule has 0 spiro atoms. The van der Waals surface area contributed by atoms with Crippen molar-refractivity contribution in [3.8, 4) is 0 Å². The molecular weight excluding hydrogens is 231 g/mol. The van der Waals surface area contributed by atoms with Crippen LogP contribution in [0.3, 0.4) is 0 Å². The Bertz CT molecular complexity index is 262. The van der Waals surface area contributed by atoms with E-state index in [1.165, 1.54) is 0 Å². The molecule has 0 amide bonds. The molecule has 7 heteroatoms. The molecule has 0 aromatic rings. The van der Waals surface area contributed by atoms with Crippen molar-refractivity contribution >= 4 is 45.6 Å². The van der Waals surface area contributed by atoms with Crippen molar-refractivity contribution in [1.82, 2.24) is 0 Å². The zero-order chi connectivity index (χ0) is 11.0. The summed E-state index contributed by atoms with van der Waals surface area (Å²) >= 11 is 0. The molecule has 15 heavy (non-hydrogen) atoms. The minimum Gasteiger partial charge on any atom is -0.466 e. The van der Waals surface area contributed by atoms with Gasteiger partial charge in [0, 0.05) is 36.0 Å². The fourth-order valence-electron chi connectivity index (χ4n) is 0.849. The van der Waals surface area contributed by atoms with Crippen molar-refractivity contribution in [3.63, 3.8) is 0 Å². The van der Waals surface area contributed by atoms with Crippen LogP contribution in [-0.4, -0.2) is 60.9 Å². The van der Waals surface area contributed by atoms with Gasteiger partial charge in [-0.25, -0.2) is 0 Å². The molecule has 0 aromatic carbocycles. The maximum absolute atomic E-state index is 10.8. The summed E-state index contributed by atoms with van der Waals surface area (Å²) in [5.74, 6) is -0.544. The van der Waals surface area contributed by atoms with E-state index in [2.05, 4.69) is 0 Å². The van der Waals surface area contributed by atoms with Gasteiger partial charge in [0.1, 0.15) is 0 Å². The molecule has 0 bridgehead atoms. The molecule has 0 aromatic heterocycles. The Hall–Kier alpha value is 0.380. The SMILES string of the molecule is CCCC(=O)OCCCCS(=O)(=O)O.[Na]. The van der Waals surface area contributed by atoms with Crippen LogP contribution in [0.1, 0.15) is 32.6 Å². The van der Waals surface area contributed by atoms with Crippen molar-refractivity contribution in [2.75, 3.05) is 12.4 Å². The van der Waals surface area contributed by atoms with E-state index in [0.717, 1.165) is 6.42 Å². The van der Waals surface area contributed by atoms with E-state index < -0.39 is 10.1 Å². The van der Waals surface area contributed by atoms with Gasteiger partial charge < -0.3 is 4.74 Å². The predicted octanol–water partition coefficient (Wildman–Crippen LogP) is 0.617. The quantitative estimate of drug-likeness (QED) is 0.308. The number of unbranched alkanes of at least 4 members (excludes halogenated alkanes) is 1. The second-order valence-corrected chi connectivity index (χ2v) is 4.54. The van der Waals surface area contributed by atoms with Gasteiger partial charge in [0.25, 0.3) is 10.1 Å². The van der Waals surface area contributed by atoms with Crippen LogP contribution in [0.2, 0.25) is 0 Å². The monoisotopic (exact) mass is 247 g/mol. The van der Waals surface area contributed by atoms with E-state index in [9.17, 15) is 13.2 Å². The largest absolute Gasteiger partial charge is 0.466 e. The summed E-state index contributed by atoms with van der Waals surface area (Å²) < 4.78 is 33.7. The van der Waals surface area contributed by atoms with Crippen molar-refractivity contribution in [1.29, 1.82) is 0 Å². The van der Waals surface area contributed by atoms with E-state index in [4.69, 9.17) is 9.29 Å². The van der Waals surface area contributed by atoms with E-state index in [-0.39, 0.29) is 47.9 Å². The first-order valence-electron chi connectivity index (χ1n) is 4.56. The van der Waals surface area contributed by atoms with Crippen molar-refractivity contribution in [3.05, 3.63) is 0 Å². The molecule has 0 saturated heterocycles. The molecule has 0 atom stereocenters. The third-order valence-electron chi connectivity index (χ3n) is 1.51. The van der Waals surface area contributed by atoms with Gasteiger partial charge in [-0.2, -0.15) is 8.42 Å². The van der Waals surface area contributed by atoms with Gasteiger partial charge in [-0.3, -0.25) is 9.35 Å². The molecule has 0 heterocycles. The van der Waals surface area contributed by atoms with Crippen molar-refractivity contribution < 1.29 is 22.5 Å². The molecule has 0 fully saturated rings. The average molecular weight is 247 g/mol. The van der Waals surface area contributed by atoms with E-state index in [0.29, 0.717) is 19.3 Å². The average Bonchev–Trinajstić information content (AvgIpc) is 2.02. The first-order valence-corrected chi connectivity index (χ1v) is 6.17. The summed E-state index contributed by atoms with van der Waals surface area (Å²) in [6.07, 6.45) is 1.88. The minimum atomic E-state index is -3.88. The molecule has 85 valence electrons. The van der Waals surface area contributed by atoms with Crippen molar-refractivity contribution in [2.24, 2.45) is 0 Å². The van der Waals surface area contributed by atoms with Crippen LogP contribution in [0.25, 0.3) is 0 Å². The zero-order valence-corrected chi connectivity index (χ0v) is 12.0. The molecule has 0 aliphatic rings. The van der Waals surface area contributed by atoms with Crippen LogP contribution in [0.5, 0.6) is 0 Å². The summed E-state index contributed by atoms with van der Waals surface area (Å²) in [6.45, 7) is 2.09. The second-order valence-electron chi connectivity index (χ2n) is 2.96. The third kappa shape index (κ3) is 14.4. The number of ether oxygens (including phenoxy) is 1. The second kappa shape index (κ2) is 9.59. The van der Waals surface area contributed by atoms with Crippen molar-refractivity contribution in [2.45, 2.75) is 32.6 Å². The fourth-order valence-corrected chi connectivity index (χ4v) is 1.42. The fraction of sp³-hybridized carbons (Fsp3) is 0.875. The van der Waals surface area contributed by atoms with Crippen LogP contribution in [-0.2, 0) is 19.6 Å². The van der Waals surface area contributed by atoms with Gasteiger partial charge in [0.2, 0.25) is 0 Å². The summed E-state index contributed by atoms with van der Waals surface area (Å²) in [6, 6.07) is 0. The van der Waals surface area contributed by atoms with Gasteiger partial charge in [0.15, 0.2) is 0 Å². The first-order chi connectivity index (χ1) is 6.45. The van der Waals surface area contributed by atoms with Crippen LogP contribution in [0.15, 0.2) is 0 Å². The summed E-state index contributed by atoms with van der Waals surface area (Å²) in [5.41, 5.74) is 0. The molecule has 1 radical (unpaired) electrons. The number of hydrogen-bond acceptors (Lipinski definition) is 4. The Kier molecular flexibility index (Phi) is 11.4. The van der Waals surface area contributed by atoms with Gasteiger partial charge in [-0.05, 0) is 19.3 Å². The number of hydrogen-bond donors (Lipinski definition) is 1. The number of carbonyl (C=O) groups is 1. The van der Waals surface area contributed by atoms with Gasteiger partial charge in [-0.15, -0.1) is 0 Å². The van der Waals surface area contributed by atoms with E-state index in [1.54, 1.807) is 0 Å². The number of esters is 1. The molecule has 1 N–H and O–H groups in total. The first kappa shape index (κ1) is 17.8. The normalized spacial score (nSPS) is 10.5. The Labute approximate surface area is 113 Å². The Morgan fingerprint density at radius 1 is 1.33 bits per heavy atom. The van der Waals surface area contributed by atoms with Crippen LogP contribution in [0.4, 0.5) is 0 Å². The molecular formula is C8H16NaO5S. The Balaban J connectivity index is 0. The Morgan fingerprint density at radius 3 is 2.40 bits per heavy atom. The van der Waals surface area contributed by atoms with Crippen LogP contribution >= 0.6 is 0 Å². The third-order valence-corrected chi connectivity index (χ3v) is 2.32. The van der Waals surface area contributed by atoms with Gasteiger partial charge in [0.05, 0.1) is 12.4 Å². The number of rotatable bonds is 7. The Morgan fingerprint density at radius 2 is 1.93 bits per heavy atom. The molecule has 0 unspecified atom stereocenters. The number of carbonyl (C=O) groups excluding carboxylic acids is 1. The molecule has 0 aliphatic heterocycles. The molecule has 5 nitrogen and oxygen atoms in total. The minimum absolute atomic E-state index is 0. The molecule has 0 rings (SSSR count). The van der Waals surface area contributed by atoms with E-state index >= 15 is 0 Å². The summed E-state index contributed by atoms with van der Waals surface area (Å²) in [7, 11) is -3.88. The summed E-state index contributed by atoms with van der Waals surface area (Å²) in [4.78, 5) is 10.8. The predicted molar refractivity (Wildman–Crippen MR) is 57.3 cm³/mol. The zero-order valence-electron chi connectivity index (χ0n) is 9.23. The van der Waals surface area contributed by atoms with Gasteiger partial charge >= 0.3 is 5.97 Å². The van der Waals surface area contributed by atoms with E-state index in [1.807, 2.05) is 6.92 Å². The van der Waals surface area contributed by atoms with Crippen LogP contribution in [0, 0.1) is 0 Å². The van der Waals surface area contributed by atoms with Crippen LogP contribution < -0.4 is 0 Å². The smallest absolute Gasteiger partial charge is 0.305 e. The summed E-state index contributed by atoms with van der Waals surface area (Å²) in [5, 5.41) is 0. The maximum atomic E-state index is 10.8. The maximum Gasteiger partial charge on any atom is 0.305 e. The molecule has 0 saturated carbocycles. The molecule has 0 aliphatic carbocycles.